The normalized spacial score (nSPS) is 24.9. The second-order valence-corrected chi connectivity index (χ2v) is 6.33. The molecule has 3 N–H and O–H groups in total. The van der Waals surface area contributed by atoms with E-state index in [1.54, 1.807) is 0 Å². The lowest BCUT2D eigenvalue weighted by atomic mass is 10.2. The molecule has 0 saturated carbocycles. The highest BCUT2D eigenvalue weighted by Crippen LogP contribution is 2.30. The molecule has 6 nitrogen and oxygen atoms in total. The van der Waals surface area contributed by atoms with Crippen LogP contribution in [0.3, 0.4) is 0 Å². The summed E-state index contributed by atoms with van der Waals surface area (Å²) in [5.41, 5.74) is 5.89. The van der Waals surface area contributed by atoms with Gasteiger partial charge in [0.25, 0.3) is 5.91 Å². The molecule has 2 aliphatic heterocycles. The van der Waals surface area contributed by atoms with Gasteiger partial charge >= 0.3 is 0 Å². The second-order valence-electron chi connectivity index (χ2n) is 5.33. The summed E-state index contributed by atoms with van der Waals surface area (Å²) in [4.78, 5) is 19.2. The monoisotopic (exact) mass is 296 g/mol. The van der Waals surface area contributed by atoms with E-state index < -0.39 is 0 Å². The summed E-state index contributed by atoms with van der Waals surface area (Å²) in [7, 11) is 0. The fraction of sp³-hybridized carbons (Fsp3) is 0.692. The molecule has 20 heavy (non-hydrogen) atoms. The topological polar surface area (TPSA) is 80.5 Å². The van der Waals surface area contributed by atoms with Crippen LogP contribution in [0.15, 0.2) is 0 Å². The zero-order valence-corrected chi connectivity index (χ0v) is 12.4. The van der Waals surface area contributed by atoms with Crippen molar-refractivity contribution in [2.75, 3.05) is 30.7 Å². The van der Waals surface area contributed by atoms with E-state index in [9.17, 15) is 4.79 Å². The third kappa shape index (κ3) is 2.60. The van der Waals surface area contributed by atoms with E-state index in [0.717, 1.165) is 30.9 Å². The molecule has 1 aromatic heterocycles. The van der Waals surface area contributed by atoms with E-state index in [-0.39, 0.29) is 18.1 Å². The van der Waals surface area contributed by atoms with Crippen LogP contribution >= 0.6 is 11.3 Å². The molecule has 0 aliphatic carbocycles. The minimum Gasteiger partial charge on any atom is -0.382 e. The number of nitrogen functional groups attached to an aromatic ring is 1. The molecule has 110 valence electrons. The largest absolute Gasteiger partial charge is 0.382 e. The molecule has 0 aromatic carbocycles. The molecule has 7 heteroatoms. The summed E-state index contributed by atoms with van der Waals surface area (Å²) in [5.74, 6) is 0.321. The lowest BCUT2D eigenvalue weighted by molar-refractivity contribution is -0.0301. The van der Waals surface area contributed by atoms with Gasteiger partial charge < -0.3 is 20.7 Å². The number of fused-ring (bicyclic) bond motifs is 2. The Labute approximate surface area is 122 Å². The van der Waals surface area contributed by atoms with Gasteiger partial charge in [-0.3, -0.25) is 4.79 Å². The van der Waals surface area contributed by atoms with E-state index >= 15 is 0 Å². The summed E-state index contributed by atoms with van der Waals surface area (Å²) in [6.45, 7) is 4.26. The molecule has 1 aromatic rings. The van der Waals surface area contributed by atoms with Gasteiger partial charge in [-0.25, -0.2) is 4.98 Å². The Kier molecular flexibility index (Phi) is 3.80. The minimum atomic E-state index is -0.00949. The molecule has 2 atom stereocenters. The maximum Gasteiger partial charge on any atom is 0.268 e. The van der Waals surface area contributed by atoms with Gasteiger partial charge in [0.2, 0.25) is 0 Å². The van der Waals surface area contributed by atoms with E-state index in [1.807, 2.05) is 4.90 Å². The van der Waals surface area contributed by atoms with Gasteiger partial charge in [-0.1, -0.05) is 18.3 Å². The number of nitrogens with two attached hydrogens (primary N) is 1. The van der Waals surface area contributed by atoms with Crippen LogP contribution in [-0.4, -0.2) is 47.6 Å². The number of carbonyl (C=O) groups excluding carboxylic acids is 1. The standard InChI is InChI=1S/C13H20N4O2S/c1-2-5-15-13-16-11(14)10(20-13)12(18)17-6-8-3-4-9(7-17)19-8/h8-9H,2-7,14H2,1H3,(H,15,16). The Morgan fingerprint density at radius 2 is 2.20 bits per heavy atom. The predicted octanol–water partition coefficient (Wildman–Crippen LogP) is 1.55. The first-order chi connectivity index (χ1) is 9.67. The molecule has 0 radical (unpaired) electrons. The number of carbonyl (C=O) groups is 1. The number of hydrogen-bond donors (Lipinski definition) is 2. The van der Waals surface area contributed by atoms with Gasteiger partial charge in [-0.15, -0.1) is 0 Å². The van der Waals surface area contributed by atoms with Gasteiger partial charge in [-0.2, -0.15) is 0 Å². The van der Waals surface area contributed by atoms with Crippen LogP contribution in [0.4, 0.5) is 10.9 Å². The summed E-state index contributed by atoms with van der Waals surface area (Å²) < 4.78 is 5.75. The van der Waals surface area contributed by atoms with E-state index in [2.05, 4.69) is 17.2 Å². The number of nitrogens with one attached hydrogen (secondary N) is 1. The summed E-state index contributed by atoms with van der Waals surface area (Å²) >= 11 is 1.34. The molecule has 3 rings (SSSR count). The average Bonchev–Trinajstić information content (AvgIpc) is 2.98. The van der Waals surface area contributed by atoms with Crippen LogP contribution in [0.1, 0.15) is 35.9 Å². The number of hydrogen-bond acceptors (Lipinski definition) is 6. The van der Waals surface area contributed by atoms with E-state index in [4.69, 9.17) is 10.5 Å². The molecule has 0 spiro atoms. The van der Waals surface area contributed by atoms with Gasteiger partial charge in [0, 0.05) is 19.6 Å². The predicted molar refractivity (Wildman–Crippen MR) is 79.1 cm³/mol. The number of nitrogens with zero attached hydrogens (tertiary/aromatic N) is 2. The molecular formula is C13H20N4O2S. The van der Waals surface area contributed by atoms with Crippen molar-refractivity contribution >= 4 is 28.2 Å². The number of ether oxygens (including phenoxy) is 1. The van der Waals surface area contributed by atoms with Gasteiger partial charge in [0.15, 0.2) is 5.13 Å². The second kappa shape index (κ2) is 5.57. The molecular weight excluding hydrogens is 276 g/mol. The Morgan fingerprint density at radius 1 is 1.50 bits per heavy atom. The van der Waals surface area contributed by atoms with Crippen LogP contribution in [0.25, 0.3) is 0 Å². The molecule has 2 saturated heterocycles. The fourth-order valence-electron chi connectivity index (χ4n) is 2.72. The highest BCUT2D eigenvalue weighted by atomic mass is 32.1. The third-order valence-corrected chi connectivity index (χ3v) is 4.72. The maximum atomic E-state index is 12.6. The molecule has 2 aliphatic rings. The lowest BCUT2D eigenvalue weighted by Gasteiger charge is -2.31. The number of thiazole rings is 1. The first-order valence-electron chi connectivity index (χ1n) is 7.12. The molecule has 2 fully saturated rings. The summed E-state index contributed by atoms with van der Waals surface area (Å²) in [6, 6.07) is 0. The molecule has 2 bridgehead atoms. The number of amides is 1. The van der Waals surface area contributed by atoms with Crippen molar-refractivity contribution in [1.29, 1.82) is 0 Å². The maximum absolute atomic E-state index is 12.6. The SMILES string of the molecule is CCCNc1nc(N)c(C(=O)N2CC3CCC(C2)O3)s1. The number of likely N-dealkylation sites (tertiary alicyclic amines) is 1. The Balaban J connectivity index is 1.71. The number of anilines is 2. The third-order valence-electron chi connectivity index (χ3n) is 3.70. The highest BCUT2D eigenvalue weighted by molar-refractivity contribution is 7.18. The number of aromatic nitrogens is 1. The van der Waals surface area contributed by atoms with Crippen molar-refractivity contribution in [3.63, 3.8) is 0 Å². The van der Waals surface area contributed by atoms with Crippen molar-refractivity contribution in [3.8, 4) is 0 Å². The van der Waals surface area contributed by atoms with Crippen LogP contribution in [0.2, 0.25) is 0 Å². The zero-order valence-electron chi connectivity index (χ0n) is 11.6. The van der Waals surface area contributed by atoms with Gasteiger partial charge in [0.1, 0.15) is 10.7 Å². The van der Waals surface area contributed by atoms with Crippen molar-refractivity contribution in [2.45, 2.75) is 38.4 Å². The zero-order chi connectivity index (χ0) is 14.1. The van der Waals surface area contributed by atoms with Crippen LogP contribution in [-0.2, 0) is 4.74 Å². The molecule has 1 amide bonds. The average molecular weight is 296 g/mol. The number of rotatable bonds is 4. The Bertz CT molecular complexity index is 493. The van der Waals surface area contributed by atoms with E-state index in [1.165, 1.54) is 11.3 Å². The first-order valence-corrected chi connectivity index (χ1v) is 7.94. The van der Waals surface area contributed by atoms with Crippen LogP contribution < -0.4 is 11.1 Å². The van der Waals surface area contributed by atoms with Crippen molar-refractivity contribution in [3.05, 3.63) is 4.88 Å². The smallest absolute Gasteiger partial charge is 0.268 e. The quantitative estimate of drug-likeness (QED) is 0.881. The fourth-order valence-corrected chi connectivity index (χ4v) is 3.60. The lowest BCUT2D eigenvalue weighted by Crippen LogP contribution is -2.45. The minimum absolute atomic E-state index is 0.00949. The van der Waals surface area contributed by atoms with Crippen molar-refractivity contribution in [1.82, 2.24) is 9.88 Å². The van der Waals surface area contributed by atoms with E-state index in [0.29, 0.717) is 23.8 Å². The van der Waals surface area contributed by atoms with Gasteiger partial charge in [-0.05, 0) is 19.3 Å². The number of morpholine rings is 1. The van der Waals surface area contributed by atoms with Crippen molar-refractivity contribution in [2.24, 2.45) is 0 Å². The summed E-state index contributed by atoms with van der Waals surface area (Å²) in [6.07, 6.45) is 3.51. The van der Waals surface area contributed by atoms with Crippen LogP contribution in [0.5, 0.6) is 0 Å². The van der Waals surface area contributed by atoms with Gasteiger partial charge in [0.05, 0.1) is 12.2 Å². The Hall–Kier alpha value is -1.34. The highest BCUT2D eigenvalue weighted by Gasteiger charge is 2.37. The van der Waals surface area contributed by atoms with Crippen LogP contribution in [0, 0.1) is 0 Å². The molecule has 3 heterocycles. The Morgan fingerprint density at radius 3 is 2.85 bits per heavy atom. The first kappa shape index (κ1) is 13.6. The molecule has 2 unspecified atom stereocenters. The van der Waals surface area contributed by atoms with Crippen molar-refractivity contribution < 1.29 is 9.53 Å². The summed E-state index contributed by atoms with van der Waals surface area (Å²) in [5, 5.41) is 3.90.